The molecule has 0 atom stereocenters. The molecular formula is C17H20N4O3. The Bertz CT molecular complexity index is 759. The van der Waals surface area contributed by atoms with Crippen LogP contribution in [0.1, 0.15) is 29.2 Å². The van der Waals surface area contributed by atoms with Crippen molar-refractivity contribution < 1.29 is 14.3 Å². The number of amides is 1. The Labute approximate surface area is 140 Å². The maximum atomic E-state index is 12.5. The van der Waals surface area contributed by atoms with Crippen molar-refractivity contribution in [1.82, 2.24) is 9.97 Å². The van der Waals surface area contributed by atoms with Crippen LogP contribution in [-0.4, -0.2) is 36.1 Å². The SMILES string of the molecule is COc1ccc(NC(=O)c2cc(NC3CC3)nc(C)n2)cc1OC. The van der Waals surface area contributed by atoms with E-state index in [1.54, 1.807) is 45.4 Å². The maximum Gasteiger partial charge on any atom is 0.274 e. The first-order valence-corrected chi connectivity index (χ1v) is 7.74. The fourth-order valence-electron chi connectivity index (χ4n) is 2.30. The summed E-state index contributed by atoms with van der Waals surface area (Å²) in [6.07, 6.45) is 2.27. The highest BCUT2D eigenvalue weighted by Gasteiger charge is 2.22. The molecule has 2 aromatic rings. The molecule has 24 heavy (non-hydrogen) atoms. The van der Waals surface area contributed by atoms with E-state index in [0.29, 0.717) is 40.6 Å². The number of hydrogen-bond donors (Lipinski definition) is 2. The second-order valence-corrected chi connectivity index (χ2v) is 5.63. The lowest BCUT2D eigenvalue weighted by Gasteiger charge is -2.11. The standard InChI is InChI=1S/C17H20N4O3/c1-10-18-13(9-16(19-10)20-11-4-5-11)17(22)21-12-6-7-14(23-2)15(8-12)24-3/h6-9,11H,4-5H2,1-3H3,(H,21,22)(H,18,19,20). The summed E-state index contributed by atoms with van der Waals surface area (Å²) in [6.45, 7) is 1.77. The minimum atomic E-state index is -0.299. The number of nitrogens with zero attached hydrogens (tertiary/aromatic N) is 2. The van der Waals surface area contributed by atoms with E-state index in [2.05, 4.69) is 20.6 Å². The van der Waals surface area contributed by atoms with Gasteiger partial charge in [-0.1, -0.05) is 0 Å². The van der Waals surface area contributed by atoms with Crippen molar-refractivity contribution in [1.29, 1.82) is 0 Å². The Hall–Kier alpha value is -2.83. The van der Waals surface area contributed by atoms with Crippen LogP contribution in [0.5, 0.6) is 11.5 Å². The Morgan fingerprint density at radius 3 is 2.54 bits per heavy atom. The molecule has 0 saturated heterocycles. The number of benzene rings is 1. The third-order valence-electron chi connectivity index (χ3n) is 3.64. The molecule has 1 heterocycles. The topological polar surface area (TPSA) is 85.4 Å². The molecule has 0 radical (unpaired) electrons. The summed E-state index contributed by atoms with van der Waals surface area (Å²) in [5, 5.41) is 6.10. The lowest BCUT2D eigenvalue weighted by Crippen LogP contribution is -2.16. The molecule has 3 rings (SSSR count). The van der Waals surface area contributed by atoms with Gasteiger partial charge in [-0.3, -0.25) is 4.79 Å². The van der Waals surface area contributed by atoms with E-state index in [-0.39, 0.29) is 5.91 Å². The molecule has 1 aliphatic rings. The van der Waals surface area contributed by atoms with Crippen molar-refractivity contribution in [2.45, 2.75) is 25.8 Å². The van der Waals surface area contributed by atoms with Crippen LogP contribution in [0, 0.1) is 6.92 Å². The molecule has 1 aromatic heterocycles. The number of methoxy groups -OCH3 is 2. The predicted octanol–water partition coefficient (Wildman–Crippen LogP) is 2.63. The number of rotatable bonds is 6. The molecular weight excluding hydrogens is 308 g/mol. The Balaban J connectivity index is 1.78. The molecule has 0 spiro atoms. The second-order valence-electron chi connectivity index (χ2n) is 5.63. The van der Waals surface area contributed by atoms with E-state index in [1.807, 2.05) is 0 Å². The van der Waals surface area contributed by atoms with E-state index >= 15 is 0 Å². The molecule has 1 fully saturated rings. The number of carbonyl (C=O) groups is 1. The van der Waals surface area contributed by atoms with Gasteiger partial charge in [0.2, 0.25) is 0 Å². The van der Waals surface area contributed by atoms with Gasteiger partial charge in [0.05, 0.1) is 14.2 Å². The first kappa shape index (κ1) is 16.0. The fourth-order valence-corrected chi connectivity index (χ4v) is 2.30. The van der Waals surface area contributed by atoms with Gasteiger partial charge in [-0.25, -0.2) is 9.97 Å². The molecule has 7 heteroatoms. The summed E-state index contributed by atoms with van der Waals surface area (Å²) in [7, 11) is 3.11. The Kier molecular flexibility index (Phi) is 4.50. The van der Waals surface area contributed by atoms with Gasteiger partial charge in [0.1, 0.15) is 17.3 Å². The highest BCUT2D eigenvalue weighted by atomic mass is 16.5. The molecule has 2 N–H and O–H groups in total. The average molecular weight is 328 g/mol. The normalized spacial score (nSPS) is 13.3. The van der Waals surface area contributed by atoms with Crippen LogP contribution in [0.2, 0.25) is 0 Å². The number of aryl methyl sites for hydroxylation is 1. The van der Waals surface area contributed by atoms with Crippen LogP contribution < -0.4 is 20.1 Å². The van der Waals surface area contributed by atoms with Crippen LogP contribution in [0.4, 0.5) is 11.5 Å². The highest BCUT2D eigenvalue weighted by molar-refractivity contribution is 6.03. The summed E-state index contributed by atoms with van der Waals surface area (Å²) >= 11 is 0. The average Bonchev–Trinajstić information content (AvgIpc) is 3.38. The minimum Gasteiger partial charge on any atom is -0.493 e. The summed E-state index contributed by atoms with van der Waals surface area (Å²) in [5.41, 5.74) is 0.922. The first-order valence-electron chi connectivity index (χ1n) is 7.74. The molecule has 1 aromatic carbocycles. The zero-order valence-electron chi connectivity index (χ0n) is 13.9. The highest BCUT2D eigenvalue weighted by Crippen LogP contribution is 2.30. The van der Waals surface area contributed by atoms with E-state index in [4.69, 9.17) is 9.47 Å². The van der Waals surface area contributed by atoms with Gasteiger partial charge in [0.15, 0.2) is 11.5 Å². The number of ether oxygens (including phenoxy) is 2. The number of anilines is 2. The van der Waals surface area contributed by atoms with Crippen molar-refractivity contribution >= 4 is 17.4 Å². The number of hydrogen-bond acceptors (Lipinski definition) is 6. The van der Waals surface area contributed by atoms with Crippen molar-refractivity contribution in [3.05, 3.63) is 35.8 Å². The van der Waals surface area contributed by atoms with Gasteiger partial charge in [-0.2, -0.15) is 0 Å². The van der Waals surface area contributed by atoms with E-state index in [1.165, 1.54) is 0 Å². The number of carbonyl (C=O) groups excluding carboxylic acids is 1. The quantitative estimate of drug-likeness (QED) is 0.848. The van der Waals surface area contributed by atoms with Gasteiger partial charge < -0.3 is 20.1 Å². The van der Waals surface area contributed by atoms with Gasteiger partial charge in [-0.15, -0.1) is 0 Å². The fraction of sp³-hybridized carbons (Fsp3) is 0.353. The van der Waals surface area contributed by atoms with Gasteiger partial charge in [0.25, 0.3) is 5.91 Å². The number of nitrogens with one attached hydrogen (secondary N) is 2. The van der Waals surface area contributed by atoms with E-state index in [9.17, 15) is 4.79 Å². The third kappa shape index (κ3) is 3.73. The van der Waals surface area contributed by atoms with Crippen LogP contribution in [-0.2, 0) is 0 Å². The molecule has 126 valence electrons. The molecule has 1 saturated carbocycles. The van der Waals surface area contributed by atoms with Crippen LogP contribution in [0.25, 0.3) is 0 Å². The minimum absolute atomic E-state index is 0.299. The smallest absolute Gasteiger partial charge is 0.274 e. The molecule has 1 aliphatic carbocycles. The molecule has 0 unspecified atom stereocenters. The lowest BCUT2D eigenvalue weighted by atomic mass is 10.2. The largest absolute Gasteiger partial charge is 0.493 e. The van der Waals surface area contributed by atoms with Crippen LogP contribution in [0.15, 0.2) is 24.3 Å². The van der Waals surface area contributed by atoms with E-state index < -0.39 is 0 Å². The van der Waals surface area contributed by atoms with Gasteiger partial charge >= 0.3 is 0 Å². The zero-order chi connectivity index (χ0) is 17.1. The van der Waals surface area contributed by atoms with Crippen LogP contribution >= 0.6 is 0 Å². The summed E-state index contributed by atoms with van der Waals surface area (Å²) < 4.78 is 10.4. The van der Waals surface area contributed by atoms with Crippen molar-refractivity contribution in [2.75, 3.05) is 24.9 Å². The van der Waals surface area contributed by atoms with Gasteiger partial charge in [-0.05, 0) is 31.9 Å². The summed E-state index contributed by atoms with van der Waals surface area (Å²) in [4.78, 5) is 21.0. The summed E-state index contributed by atoms with van der Waals surface area (Å²) in [5.74, 6) is 2.08. The maximum absolute atomic E-state index is 12.5. The second kappa shape index (κ2) is 6.74. The Morgan fingerprint density at radius 2 is 1.88 bits per heavy atom. The monoisotopic (exact) mass is 328 g/mol. The third-order valence-corrected chi connectivity index (χ3v) is 3.64. The molecule has 0 aliphatic heterocycles. The Morgan fingerprint density at radius 1 is 1.12 bits per heavy atom. The van der Waals surface area contributed by atoms with Crippen molar-refractivity contribution in [3.63, 3.8) is 0 Å². The van der Waals surface area contributed by atoms with Crippen molar-refractivity contribution in [3.8, 4) is 11.5 Å². The van der Waals surface area contributed by atoms with Crippen molar-refractivity contribution in [2.24, 2.45) is 0 Å². The lowest BCUT2D eigenvalue weighted by molar-refractivity contribution is 0.102. The van der Waals surface area contributed by atoms with E-state index in [0.717, 1.165) is 12.8 Å². The molecule has 1 amide bonds. The van der Waals surface area contributed by atoms with Crippen LogP contribution in [0.3, 0.4) is 0 Å². The predicted molar refractivity (Wildman–Crippen MR) is 90.9 cm³/mol. The zero-order valence-corrected chi connectivity index (χ0v) is 13.9. The van der Waals surface area contributed by atoms with Gasteiger partial charge in [0, 0.05) is 23.9 Å². The molecule has 7 nitrogen and oxygen atoms in total. The molecule has 0 bridgehead atoms. The number of aromatic nitrogens is 2. The first-order chi connectivity index (χ1) is 11.6. The summed E-state index contributed by atoms with van der Waals surface area (Å²) in [6, 6.07) is 7.31.